The number of anilines is 1. The Morgan fingerprint density at radius 1 is 0.895 bits per heavy atom. The molecule has 2 aromatic heterocycles. The van der Waals surface area contributed by atoms with Gasteiger partial charge in [0.2, 0.25) is 6.79 Å². The number of hydrogen-bond acceptors (Lipinski definition) is 9. The van der Waals surface area contributed by atoms with Gasteiger partial charge in [-0.05, 0) is 56.7 Å². The zero-order valence-electron chi connectivity index (χ0n) is 21.4. The van der Waals surface area contributed by atoms with Gasteiger partial charge in [0.05, 0.1) is 24.3 Å². The maximum absolute atomic E-state index is 12.2. The normalized spacial score (nSPS) is 11.6. The fourth-order valence-electron chi connectivity index (χ4n) is 3.84. The van der Waals surface area contributed by atoms with Crippen LogP contribution in [0.4, 0.5) is 10.6 Å². The predicted octanol–water partition coefficient (Wildman–Crippen LogP) is 5.91. The number of hydrogen-bond donors (Lipinski definition) is 1. The van der Waals surface area contributed by atoms with Crippen LogP contribution in [0.25, 0.3) is 10.9 Å². The topological polar surface area (TPSA) is 109 Å². The van der Waals surface area contributed by atoms with Crippen LogP contribution in [0.3, 0.4) is 0 Å². The van der Waals surface area contributed by atoms with Crippen molar-refractivity contribution in [3.63, 3.8) is 0 Å². The summed E-state index contributed by atoms with van der Waals surface area (Å²) in [4.78, 5) is 33.1. The SMILES string of the molecule is CCOC(=O)c1ccc(C(Nc2ccccn2)c2ccc3cccnc3c2OCOC(=O)OC(C)C)cc1. The molecule has 0 aliphatic rings. The molecule has 1 atom stereocenters. The molecule has 0 amide bonds. The molecule has 38 heavy (non-hydrogen) atoms. The number of ether oxygens (including phenoxy) is 4. The zero-order chi connectivity index (χ0) is 26.9. The van der Waals surface area contributed by atoms with Crippen molar-refractivity contribution in [1.29, 1.82) is 0 Å². The smallest absolute Gasteiger partial charge is 0.462 e. The Balaban J connectivity index is 1.74. The van der Waals surface area contributed by atoms with Gasteiger partial charge in [0, 0.05) is 23.3 Å². The molecule has 0 saturated carbocycles. The van der Waals surface area contributed by atoms with Crippen LogP contribution in [-0.2, 0) is 14.2 Å². The van der Waals surface area contributed by atoms with E-state index in [1.54, 1.807) is 45.3 Å². The van der Waals surface area contributed by atoms with Crippen molar-refractivity contribution in [1.82, 2.24) is 9.97 Å². The zero-order valence-corrected chi connectivity index (χ0v) is 21.4. The summed E-state index contributed by atoms with van der Waals surface area (Å²) in [5.74, 6) is 0.678. The first-order chi connectivity index (χ1) is 18.5. The summed E-state index contributed by atoms with van der Waals surface area (Å²) in [5.41, 5.74) is 2.61. The van der Waals surface area contributed by atoms with Crippen molar-refractivity contribution >= 4 is 28.8 Å². The van der Waals surface area contributed by atoms with Gasteiger partial charge in [-0.3, -0.25) is 4.98 Å². The van der Waals surface area contributed by atoms with Crippen molar-refractivity contribution < 1.29 is 28.5 Å². The Bertz CT molecular complexity index is 1380. The second-order valence-electron chi connectivity index (χ2n) is 8.52. The lowest BCUT2D eigenvalue weighted by Crippen LogP contribution is -2.18. The summed E-state index contributed by atoms with van der Waals surface area (Å²) < 4.78 is 21.3. The molecule has 0 spiro atoms. The summed E-state index contributed by atoms with van der Waals surface area (Å²) >= 11 is 0. The van der Waals surface area contributed by atoms with Crippen LogP contribution < -0.4 is 10.1 Å². The maximum Gasteiger partial charge on any atom is 0.511 e. The average Bonchev–Trinajstić information content (AvgIpc) is 2.92. The van der Waals surface area contributed by atoms with E-state index in [0.717, 1.165) is 16.5 Å². The van der Waals surface area contributed by atoms with E-state index in [4.69, 9.17) is 18.9 Å². The van der Waals surface area contributed by atoms with Gasteiger partial charge >= 0.3 is 12.1 Å². The molecule has 1 N–H and O–H groups in total. The number of aromatic nitrogens is 2. The minimum atomic E-state index is -0.826. The van der Waals surface area contributed by atoms with Crippen molar-refractivity contribution in [2.45, 2.75) is 32.9 Å². The van der Waals surface area contributed by atoms with Gasteiger partial charge < -0.3 is 24.3 Å². The summed E-state index contributed by atoms with van der Waals surface area (Å²) in [7, 11) is 0. The number of carbonyl (C=O) groups is 2. The summed E-state index contributed by atoms with van der Waals surface area (Å²) in [6.07, 6.45) is 2.22. The minimum absolute atomic E-state index is 0.294. The van der Waals surface area contributed by atoms with Crippen molar-refractivity contribution in [2.75, 3.05) is 18.7 Å². The lowest BCUT2D eigenvalue weighted by atomic mass is 9.95. The largest absolute Gasteiger partial charge is 0.511 e. The molecule has 0 aliphatic heterocycles. The second-order valence-corrected chi connectivity index (χ2v) is 8.52. The first kappa shape index (κ1) is 26.4. The van der Waals surface area contributed by atoms with E-state index in [1.165, 1.54) is 0 Å². The number of nitrogens with zero attached hydrogens (tertiary/aromatic N) is 2. The van der Waals surface area contributed by atoms with E-state index in [-0.39, 0.29) is 12.9 Å². The lowest BCUT2D eigenvalue weighted by molar-refractivity contribution is -0.00809. The fourth-order valence-corrected chi connectivity index (χ4v) is 3.84. The van der Waals surface area contributed by atoms with Crippen LogP contribution in [0.1, 0.15) is 48.3 Å². The Morgan fingerprint density at radius 3 is 2.39 bits per heavy atom. The summed E-state index contributed by atoms with van der Waals surface area (Å²) in [6, 6.07) is 19.8. The van der Waals surface area contributed by atoms with Crippen LogP contribution >= 0.6 is 0 Å². The van der Waals surface area contributed by atoms with E-state index in [2.05, 4.69) is 15.3 Å². The molecule has 4 rings (SSSR count). The molecular weight excluding hydrogens is 486 g/mol. The number of pyridine rings is 2. The van der Waals surface area contributed by atoms with Gasteiger partial charge in [-0.15, -0.1) is 0 Å². The molecule has 4 aromatic rings. The molecule has 0 fully saturated rings. The second kappa shape index (κ2) is 12.5. The number of fused-ring (bicyclic) bond motifs is 1. The molecule has 2 aromatic carbocycles. The molecule has 0 bridgehead atoms. The Hall–Kier alpha value is -4.66. The third-order valence-corrected chi connectivity index (χ3v) is 5.49. The van der Waals surface area contributed by atoms with Crippen molar-refractivity contribution in [3.05, 3.63) is 95.8 Å². The third kappa shape index (κ3) is 6.56. The van der Waals surface area contributed by atoms with E-state index in [9.17, 15) is 9.59 Å². The number of benzene rings is 2. The van der Waals surface area contributed by atoms with Gasteiger partial charge in [0.15, 0.2) is 5.75 Å². The highest BCUT2D eigenvalue weighted by Gasteiger charge is 2.23. The Kier molecular flexibility index (Phi) is 8.71. The number of rotatable bonds is 10. The first-order valence-corrected chi connectivity index (χ1v) is 12.2. The fraction of sp³-hybridized carbons (Fsp3) is 0.241. The molecule has 0 saturated heterocycles. The van der Waals surface area contributed by atoms with Crippen molar-refractivity contribution in [3.8, 4) is 5.75 Å². The Labute approximate surface area is 220 Å². The van der Waals surface area contributed by atoms with E-state index >= 15 is 0 Å². The van der Waals surface area contributed by atoms with Crippen LogP contribution in [0, 0.1) is 0 Å². The molecule has 2 heterocycles. The maximum atomic E-state index is 12.2. The molecule has 0 aliphatic carbocycles. The third-order valence-electron chi connectivity index (χ3n) is 5.49. The number of esters is 1. The number of nitrogens with one attached hydrogen (secondary N) is 1. The standard InChI is InChI=1S/C29H29N3O6/c1-4-35-28(33)22-12-10-21(11-13-22)25(32-24-9-5-6-16-30-24)23-15-14-20-8-7-17-31-26(20)27(23)36-18-37-29(34)38-19(2)3/h5-17,19,25H,4,18H2,1-3H3,(H,30,32). The molecule has 9 nitrogen and oxygen atoms in total. The molecule has 1 unspecified atom stereocenters. The van der Waals surface area contributed by atoms with E-state index < -0.39 is 18.2 Å². The minimum Gasteiger partial charge on any atom is -0.462 e. The quantitative estimate of drug-likeness (QED) is 0.204. The molecular formula is C29H29N3O6. The van der Waals surface area contributed by atoms with Gasteiger partial charge in [-0.2, -0.15) is 0 Å². The highest BCUT2D eigenvalue weighted by Crippen LogP contribution is 2.37. The predicted molar refractivity (Wildman–Crippen MR) is 142 cm³/mol. The van der Waals surface area contributed by atoms with Crippen LogP contribution in [-0.4, -0.2) is 41.6 Å². The van der Waals surface area contributed by atoms with Crippen molar-refractivity contribution in [2.24, 2.45) is 0 Å². The van der Waals surface area contributed by atoms with Gasteiger partial charge in [-0.25, -0.2) is 14.6 Å². The van der Waals surface area contributed by atoms with E-state index in [1.807, 2.05) is 54.6 Å². The molecule has 9 heteroatoms. The van der Waals surface area contributed by atoms with Gasteiger partial charge in [0.1, 0.15) is 11.3 Å². The Morgan fingerprint density at radius 2 is 1.68 bits per heavy atom. The van der Waals surface area contributed by atoms with Crippen LogP contribution in [0.15, 0.2) is 79.1 Å². The average molecular weight is 516 g/mol. The molecule has 0 radical (unpaired) electrons. The highest BCUT2D eigenvalue weighted by atomic mass is 16.8. The first-order valence-electron chi connectivity index (χ1n) is 12.2. The van der Waals surface area contributed by atoms with E-state index in [0.29, 0.717) is 29.3 Å². The van der Waals surface area contributed by atoms with Gasteiger partial charge in [-0.1, -0.05) is 36.4 Å². The summed E-state index contributed by atoms with van der Waals surface area (Å²) in [5, 5.41) is 4.30. The number of carbonyl (C=O) groups excluding carboxylic acids is 2. The van der Waals surface area contributed by atoms with Crippen LogP contribution in [0.2, 0.25) is 0 Å². The molecule has 196 valence electrons. The lowest BCUT2D eigenvalue weighted by Gasteiger charge is -2.24. The van der Waals surface area contributed by atoms with Gasteiger partial charge in [0.25, 0.3) is 0 Å². The van der Waals surface area contributed by atoms with Crippen LogP contribution in [0.5, 0.6) is 5.75 Å². The summed E-state index contributed by atoms with van der Waals surface area (Å²) in [6.45, 7) is 5.15. The highest BCUT2D eigenvalue weighted by molar-refractivity contribution is 5.89. The monoisotopic (exact) mass is 515 g/mol.